The minimum atomic E-state index is -4.04. The van der Waals surface area contributed by atoms with E-state index in [4.69, 9.17) is 17.3 Å². The van der Waals surface area contributed by atoms with Crippen LogP contribution in [0.2, 0.25) is 5.02 Å². The number of rotatable bonds is 3. The molecule has 9 heteroatoms. The lowest BCUT2D eigenvalue weighted by Gasteiger charge is -2.22. The molecule has 112 valence electrons. The van der Waals surface area contributed by atoms with Crippen molar-refractivity contribution in [2.45, 2.75) is 23.8 Å². The van der Waals surface area contributed by atoms with Crippen LogP contribution in [0.3, 0.4) is 0 Å². The molecule has 1 aromatic rings. The van der Waals surface area contributed by atoms with Crippen molar-refractivity contribution in [1.29, 1.82) is 0 Å². The molecule has 2 rings (SSSR count). The predicted octanol–water partition coefficient (Wildman–Crippen LogP) is 1.25. The van der Waals surface area contributed by atoms with E-state index in [-0.39, 0.29) is 16.8 Å². The van der Waals surface area contributed by atoms with E-state index in [2.05, 4.69) is 4.72 Å². The smallest absolute Gasteiger partial charge is 0.243 e. The van der Waals surface area contributed by atoms with Crippen molar-refractivity contribution in [2.24, 2.45) is 0 Å². The Morgan fingerprint density at radius 1 is 1.35 bits per heavy atom. The van der Waals surface area contributed by atoms with E-state index < -0.39 is 31.5 Å². The summed E-state index contributed by atoms with van der Waals surface area (Å²) in [5.74, 6) is -0.145. The molecular formula is C11H14ClFN2O3S2. The molecule has 3 N–H and O–H groups in total. The molecule has 1 saturated heterocycles. The molecule has 1 aliphatic rings. The quantitative estimate of drug-likeness (QED) is 0.810. The molecule has 0 aromatic heterocycles. The molecule has 1 fully saturated rings. The van der Waals surface area contributed by atoms with Crippen LogP contribution >= 0.6 is 11.6 Å². The molecule has 0 unspecified atom stereocenters. The van der Waals surface area contributed by atoms with Crippen molar-refractivity contribution in [1.82, 2.24) is 4.72 Å². The van der Waals surface area contributed by atoms with E-state index in [0.29, 0.717) is 24.3 Å². The van der Waals surface area contributed by atoms with Gasteiger partial charge >= 0.3 is 0 Å². The topological polar surface area (TPSA) is 89.3 Å². The third-order valence-corrected chi connectivity index (χ3v) is 6.19. The van der Waals surface area contributed by atoms with Crippen LogP contribution in [0.15, 0.2) is 17.0 Å². The van der Waals surface area contributed by atoms with Crippen LogP contribution in [0.5, 0.6) is 0 Å². The van der Waals surface area contributed by atoms with E-state index in [1.807, 2.05) is 0 Å². The third-order valence-electron chi connectivity index (χ3n) is 3.02. The van der Waals surface area contributed by atoms with Gasteiger partial charge in [0.15, 0.2) is 5.82 Å². The normalized spacial score (nSPS) is 23.7. The van der Waals surface area contributed by atoms with Crippen molar-refractivity contribution in [3.8, 4) is 0 Å². The summed E-state index contributed by atoms with van der Waals surface area (Å²) in [5, 5.41) is -0.338. The van der Waals surface area contributed by atoms with Crippen LogP contribution in [-0.4, -0.2) is 30.2 Å². The molecule has 1 aromatic carbocycles. The van der Waals surface area contributed by atoms with Crippen molar-refractivity contribution in [3.63, 3.8) is 0 Å². The number of sulfonamides is 1. The highest BCUT2D eigenvalue weighted by molar-refractivity contribution is 7.89. The third kappa shape index (κ3) is 3.49. The van der Waals surface area contributed by atoms with Gasteiger partial charge in [0.2, 0.25) is 10.0 Å². The van der Waals surface area contributed by atoms with Gasteiger partial charge in [-0.05, 0) is 25.0 Å². The molecule has 0 amide bonds. The Kier molecular flexibility index (Phi) is 4.68. The maximum Gasteiger partial charge on any atom is 0.243 e. The Bertz CT molecular complexity index is 641. The van der Waals surface area contributed by atoms with E-state index in [9.17, 15) is 17.0 Å². The van der Waals surface area contributed by atoms with E-state index in [1.54, 1.807) is 0 Å². The number of halogens is 2. The molecule has 0 aliphatic carbocycles. The van der Waals surface area contributed by atoms with E-state index in [0.717, 1.165) is 12.1 Å². The Balaban J connectivity index is 2.25. The fourth-order valence-corrected chi connectivity index (χ4v) is 5.00. The first-order chi connectivity index (χ1) is 9.29. The second-order valence-corrected chi connectivity index (χ2v) is 8.34. The molecule has 0 radical (unpaired) electrons. The van der Waals surface area contributed by atoms with Gasteiger partial charge in [-0.25, -0.2) is 17.5 Å². The average Bonchev–Trinajstić information content (AvgIpc) is 2.36. The van der Waals surface area contributed by atoms with Gasteiger partial charge in [-0.1, -0.05) is 11.6 Å². The van der Waals surface area contributed by atoms with Gasteiger partial charge in [0.05, 0.1) is 5.02 Å². The first kappa shape index (κ1) is 15.7. The fraction of sp³-hybridized carbons (Fsp3) is 0.455. The van der Waals surface area contributed by atoms with E-state index >= 15 is 0 Å². The zero-order chi connectivity index (χ0) is 14.9. The van der Waals surface area contributed by atoms with Crippen molar-refractivity contribution < 1.29 is 17.0 Å². The maximum absolute atomic E-state index is 13.8. The molecule has 1 aliphatic heterocycles. The van der Waals surface area contributed by atoms with Gasteiger partial charge in [0.1, 0.15) is 4.90 Å². The van der Waals surface area contributed by atoms with Crippen molar-refractivity contribution >= 4 is 38.1 Å². The SMILES string of the molecule is Nc1cc(Cl)c(F)c(S(=O)(=O)NC2CCS(=O)CC2)c1. The van der Waals surface area contributed by atoms with Crippen LogP contribution < -0.4 is 10.5 Å². The summed E-state index contributed by atoms with van der Waals surface area (Å²) in [4.78, 5) is -0.561. The van der Waals surface area contributed by atoms with Crippen molar-refractivity contribution in [3.05, 3.63) is 23.0 Å². The first-order valence-electron chi connectivity index (χ1n) is 5.91. The lowest BCUT2D eigenvalue weighted by molar-refractivity contribution is 0.514. The second kappa shape index (κ2) is 5.97. The van der Waals surface area contributed by atoms with Crippen LogP contribution in [0.25, 0.3) is 0 Å². The summed E-state index contributed by atoms with van der Waals surface area (Å²) in [6.45, 7) is 0. The summed E-state index contributed by atoms with van der Waals surface area (Å²) in [6.07, 6.45) is 0.924. The number of nitrogens with one attached hydrogen (secondary N) is 1. The van der Waals surface area contributed by atoms with Crippen LogP contribution in [0.4, 0.5) is 10.1 Å². The number of benzene rings is 1. The largest absolute Gasteiger partial charge is 0.399 e. The molecule has 5 nitrogen and oxygen atoms in total. The van der Waals surface area contributed by atoms with Gasteiger partial charge < -0.3 is 5.73 Å². The molecule has 1 heterocycles. The number of anilines is 1. The number of nitrogens with two attached hydrogens (primary N) is 1. The summed E-state index contributed by atoms with van der Waals surface area (Å²) in [6, 6.07) is 1.83. The standard InChI is InChI=1S/C11H14ClFN2O3S2/c12-9-5-7(14)6-10(11(9)13)20(17,18)15-8-1-3-19(16)4-2-8/h5-6,8,15H,1-4,14H2. The summed E-state index contributed by atoms with van der Waals surface area (Å²) in [5.41, 5.74) is 5.56. The lowest BCUT2D eigenvalue weighted by atomic mass is 10.2. The Morgan fingerprint density at radius 2 is 1.95 bits per heavy atom. The zero-order valence-electron chi connectivity index (χ0n) is 10.4. The fourth-order valence-electron chi connectivity index (χ4n) is 1.97. The molecule has 0 saturated carbocycles. The van der Waals surface area contributed by atoms with E-state index in [1.165, 1.54) is 0 Å². The molecule has 20 heavy (non-hydrogen) atoms. The van der Waals surface area contributed by atoms with Gasteiger partial charge in [0.25, 0.3) is 0 Å². The lowest BCUT2D eigenvalue weighted by Crippen LogP contribution is -2.39. The monoisotopic (exact) mass is 340 g/mol. The molecule has 0 atom stereocenters. The minimum absolute atomic E-state index is 0.0709. The Morgan fingerprint density at radius 3 is 2.55 bits per heavy atom. The highest BCUT2D eigenvalue weighted by Gasteiger charge is 2.27. The molecule has 0 bridgehead atoms. The van der Waals surface area contributed by atoms with Crippen LogP contribution in [0, 0.1) is 5.82 Å². The molecular weight excluding hydrogens is 327 g/mol. The highest BCUT2D eigenvalue weighted by Crippen LogP contribution is 2.26. The second-order valence-electron chi connectivity index (χ2n) is 4.56. The highest BCUT2D eigenvalue weighted by atomic mass is 35.5. The first-order valence-corrected chi connectivity index (χ1v) is 9.26. The van der Waals surface area contributed by atoms with Crippen molar-refractivity contribution in [2.75, 3.05) is 17.2 Å². The van der Waals surface area contributed by atoms with Crippen LogP contribution in [0.1, 0.15) is 12.8 Å². The predicted molar refractivity (Wildman–Crippen MR) is 77.0 cm³/mol. The Labute approximate surface area is 124 Å². The summed E-state index contributed by atoms with van der Waals surface area (Å²) >= 11 is 5.60. The van der Waals surface area contributed by atoms with Gasteiger partial charge in [0, 0.05) is 34.0 Å². The number of hydrogen-bond donors (Lipinski definition) is 2. The van der Waals surface area contributed by atoms with Gasteiger partial charge in [-0.2, -0.15) is 0 Å². The molecule has 0 spiro atoms. The van der Waals surface area contributed by atoms with Gasteiger partial charge in [-0.15, -0.1) is 0 Å². The number of hydrogen-bond acceptors (Lipinski definition) is 4. The summed E-state index contributed by atoms with van der Waals surface area (Å²) in [7, 11) is -4.94. The Hall–Kier alpha value is -0.700. The number of nitrogen functional groups attached to an aromatic ring is 1. The average molecular weight is 341 g/mol. The maximum atomic E-state index is 13.8. The zero-order valence-corrected chi connectivity index (χ0v) is 12.8. The van der Waals surface area contributed by atoms with Crippen LogP contribution in [-0.2, 0) is 20.8 Å². The summed E-state index contributed by atoms with van der Waals surface area (Å²) < 4.78 is 51.8. The minimum Gasteiger partial charge on any atom is -0.399 e. The van der Waals surface area contributed by atoms with Gasteiger partial charge in [-0.3, -0.25) is 4.21 Å².